The van der Waals surface area contributed by atoms with Crippen molar-refractivity contribution in [1.29, 1.82) is 0 Å². The summed E-state index contributed by atoms with van der Waals surface area (Å²) in [5.74, 6) is -0.872. The van der Waals surface area contributed by atoms with Crippen LogP contribution in [0.5, 0.6) is 0 Å². The van der Waals surface area contributed by atoms with E-state index in [1.807, 2.05) is 51.1 Å². The van der Waals surface area contributed by atoms with Crippen LogP contribution in [0.3, 0.4) is 0 Å². The molecule has 0 aliphatic carbocycles. The highest BCUT2D eigenvalue weighted by atomic mass is 16.4. The average Bonchev–Trinajstić information content (AvgIpc) is 2.36. The second kappa shape index (κ2) is 5.74. The van der Waals surface area contributed by atoms with Crippen molar-refractivity contribution < 1.29 is 15.0 Å². The number of carbonyl (C=O) groups is 1. The Labute approximate surface area is 115 Å². The van der Waals surface area contributed by atoms with E-state index in [0.29, 0.717) is 6.42 Å². The van der Waals surface area contributed by atoms with Gasteiger partial charge in [-0.1, -0.05) is 51.1 Å². The number of carboxylic acid groups (broad SMARTS) is 1. The van der Waals surface area contributed by atoms with Crippen LogP contribution in [-0.2, 0) is 10.2 Å². The summed E-state index contributed by atoms with van der Waals surface area (Å²) >= 11 is 0. The maximum absolute atomic E-state index is 11.8. The SMILES string of the molecule is CCC(CC(C)(O)C(C)C)(C(=O)O)c1ccccc1. The molecule has 3 heteroatoms. The number of hydrogen-bond acceptors (Lipinski definition) is 2. The summed E-state index contributed by atoms with van der Waals surface area (Å²) in [4.78, 5) is 11.8. The fraction of sp³-hybridized carbons (Fsp3) is 0.562. The van der Waals surface area contributed by atoms with Crippen molar-refractivity contribution in [2.75, 3.05) is 0 Å². The topological polar surface area (TPSA) is 57.5 Å². The molecule has 1 aromatic carbocycles. The van der Waals surface area contributed by atoms with E-state index in [1.165, 1.54) is 0 Å². The van der Waals surface area contributed by atoms with E-state index in [2.05, 4.69) is 0 Å². The number of rotatable bonds is 6. The van der Waals surface area contributed by atoms with Gasteiger partial charge in [0.05, 0.1) is 11.0 Å². The smallest absolute Gasteiger partial charge is 0.314 e. The second-order valence-electron chi connectivity index (χ2n) is 5.80. The number of carboxylic acids is 1. The van der Waals surface area contributed by atoms with Crippen molar-refractivity contribution in [2.24, 2.45) is 5.92 Å². The van der Waals surface area contributed by atoms with Gasteiger partial charge in [0.25, 0.3) is 0 Å². The molecule has 0 aliphatic heterocycles. The van der Waals surface area contributed by atoms with E-state index < -0.39 is 17.0 Å². The Kier molecular flexibility index (Phi) is 4.75. The lowest BCUT2D eigenvalue weighted by Crippen LogP contribution is -2.45. The van der Waals surface area contributed by atoms with Crippen LogP contribution in [0.25, 0.3) is 0 Å². The first-order valence-electron chi connectivity index (χ1n) is 6.77. The van der Waals surface area contributed by atoms with Gasteiger partial charge in [0.1, 0.15) is 0 Å². The molecule has 1 aromatic rings. The zero-order valence-corrected chi connectivity index (χ0v) is 12.2. The molecule has 2 unspecified atom stereocenters. The summed E-state index contributed by atoms with van der Waals surface area (Å²) < 4.78 is 0. The molecule has 0 bridgehead atoms. The van der Waals surface area contributed by atoms with Gasteiger partial charge in [-0.05, 0) is 31.2 Å². The van der Waals surface area contributed by atoms with Gasteiger partial charge < -0.3 is 10.2 Å². The second-order valence-corrected chi connectivity index (χ2v) is 5.80. The lowest BCUT2D eigenvalue weighted by atomic mass is 9.68. The molecule has 106 valence electrons. The van der Waals surface area contributed by atoms with Gasteiger partial charge in [0.15, 0.2) is 0 Å². The first kappa shape index (κ1) is 15.7. The molecule has 0 fully saturated rings. The van der Waals surface area contributed by atoms with Crippen LogP contribution in [0.4, 0.5) is 0 Å². The monoisotopic (exact) mass is 264 g/mol. The molecule has 0 saturated heterocycles. The van der Waals surface area contributed by atoms with Crippen LogP contribution in [0, 0.1) is 5.92 Å². The molecule has 0 aliphatic rings. The Balaban J connectivity index is 3.26. The summed E-state index contributed by atoms with van der Waals surface area (Å²) in [6, 6.07) is 9.20. The molecule has 0 aromatic heterocycles. The first-order valence-corrected chi connectivity index (χ1v) is 6.77. The third-order valence-corrected chi connectivity index (χ3v) is 4.24. The summed E-state index contributed by atoms with van der Waals surface area (Å²) in [5, 5.41) is 20.2. The first-order chi connectivity index (χ1) is 8.76. The summed E-state index contributed by atoms with van der Waals surface area (Å²) in [5.41, 5.74) is -1.29. The quantitative estimate of drug-likeness (QED) is 0.829. The van der Waals surface area contributed by atoms with Crippen LogP contribution in [0.15, 0.2) is 30.3 Å². The minimum absolute atomic E-state index is 0.00138. The van der Waals surface area contributed by atoms with Crippen LogP contribution in [0.1, 0.15) is 46.1 Å². The minimum Gasteiger partial charge on any atom is -0.481 e. The predicted octanol–water partition coefficient (Wildman–Crippen LogP) is 3.22. The lowest BCUT2D eigenvalue weighted by molar-refractivity contribution is -0.148. The van der Waals surface area contributed by atoms with Crippen LogP contribution in [0.2, 0.25) is 0 Å². The molecule has 0 amide bonds. The van der Waals surface area contributed by atoms with Gasteiger partial charge in [0, 0.05) is 0 Å². The molecule has 19 heavy (non-hydrogen) atoms. The molecule has 2 atom stereocenters. The molecule has 0 spiro atoms. The van der Waals surface area contributed by atoms with Gasteiger partial charge >= 0.3 is 5.97 Å². The highest BCUT2D eigenvalue weighted by molar-refractivity contribution is 5.81. The fourth-order valence-electron chi connectivity index (χ4n) is 2.35. The minimum atomic E-state index is -1.03. The van der Waals surface area contributed by atoms with Crippen molar-refractivity contribution in [3.8, 4) is 0 Å². The zero-order valence-electron chi connectivity index (χ0n) is 12.2. The molecule has 0 heterocycles. The predicted molar refractivity (Wildman–Crippen MR) is 76.1 cm³/mol. The Morgan fingerprint density at radius 1 is 1.26 bits per heavy atom. The van der Waals surface area contributed by atoms with E-state index >= 15 is 0 Å². The van der Waals surface area contributed by atoms with Gasteiger partial charge in [-0.3, -0.25) is 4.79 Å². The normalized spacial score (nSPS) is 17.8. The highest BCUT2D eigenvalue weighted by Gasteiger charge is 2.45. The molecular formula is C16H24O3. The van der Waals surface area contributed by atoms with E-state index in [-0.39, 0.29) is 12.3 Å². The third-order valence-electron chi connectivity index (χ3n) is 4.24. The van der Waals surface area contributed by atoms with Crippen LogP contribution < -0.4 is 0 Å². The van der Waals surface area contributed by atoms with Gasteiger partial charge in [0.2, 0.25) is 0 Å². The van der Waals surface area contributed by atoms with Gasteiger partial charge in [-0.15, -0.1) is 0 Å². The molecule has 3 nitrogen and oxygen atoms in total. The van der Waals surface area contributed by atoms with Crippen LogP contribution in [-0.4, -0.2) is 21.8 Å². The Morgan fingerprint density at radius 3 is 2.16 bits per heavy atom. The van der Waals surface area contributed by atoms with Crippen molar-refractivity contribution in [1.82, 2.24) is 0 Å². The van der Waals surface area contributed by atoms with E-state index in [4.69, 9.17) is 0 Å². The largest absolute Gasteiger partial charge is 0.481 e. The van der Waals surface area contributed by atoms with E-state index in [9.17, 15) is 15.0 Å². The highest BCUT2D eigenvalue weighted by Crippen LogP contribution is 2.39. The molecular weight excluding hydrogens is 240 g/mol. The van der Waals surface area contributed by atoms with Crippen molar-refractivity contribution in [3.05, 3.63) is 35.9 Å². The maximum atomic E-state index is 11.8. The maximum Gasteiger partial charge on any atom is 0.314 e. The molecule has 0 radical (unpaired) electrons. The van der Waals surface area contributed by atoms with Gasteiger partial charge in [-0.25, -0.2) is 0 Å². The molecule has 0 saturated carbocycles. The lowest BCUT2D eigenvalue weighted by Gasteiger charge is -2.38. The van der Waals surface area contributed by atoms with Crippen molar-refractivity contribution >= 4 is 5.97 Å². The Bertz CT molecular complexity index is 423. The number of aliphatic hydroxyl groups is 1. The average molecular weight is 264 g/mol. The van der Waals surface area contributed by atoms with Crippen molar-refractivity contribution in [2.45, 2.75) is 51.6 Å². The zero-order chi connectivity index (χ0) is 14.7. The standard InChI is InChI=1S/C16H24O3/c1-5-16(14(17)18,11-15(4,19)12(2)3)13-9-7-6-8-10-13/h6-10,12,19H,5,11H2,1-4H3,(H,17,18). The molecule has 2 N–H and O–H groups in total. The number of hydrogen-bond donors (Lipinski definition) is 2. The summed E-state index contributed by atoms with van der Waals surface area (Å²) in [6.45, 7) is 7.39. The van der Waals surface area contributed by atoms with E-state index in [0.717, 1.165) is 5.56 Å². The number of aliphatic carboxylic acids is 1. The summed E-state index contributed by atoms with van der Waals surface area (Å²) in [7, 11) is 0. The van der Waals surface area contributed by atoms with E-state index in [1.54, 1.807) is 6.92 Å². The summed E-state index contributed by atoms with van der Waals surface area (Å²) in [6.07, 6.45) is 0.669. The molecule has 1 rings (SSSR count). The Hall–Kier alpha value is -1.35. The van der Waals surface area contributed by atoms with Crippen molar-refractivity contribution in [3.63, 3.8) is 0 Å². The Morgan fingerprint density at radius 2 is 1.79 bits per heavy atom. The third kappa shape index (κ3) is 3.16. The fourth-order valence-corrected chi connectivity index (χ4v) is 2.35. The number of benzene rings is 1. The van der Waals surface area contributed by atoms with Gasteiger partial charge in [-0.2, -0.15) is 0 Å². The van der Waals surface area contributed by atoms with Crippen LogP contribution >= 0.6 is 0 Å².